The van der Waals surface area contributed by atoms with E-state index in [9.17, 15) is 14.0 Å². The zero-order chi connectivity index (χ0) is 22.6. The number of carbonyl (C=O) groups excluding carboxylic acids is 2. The number of nitrogens with zero attached hydrogens (tertiary/aromatic N) is 4. The van der Waals surface area contributed by atoms with Crippen molar-refractivity contribution >= 4 is 23.4 Å². The fourth-order valence-electron chi connectivity index (χ4n) is 4.49. The smallest absolute Gasteiger partial charge is 0.329 e. The Kier molecular flexibility index (Phi) is 4.85. The summed E-state index contributed by atoms with van der Waals surface area (Å²) >= 11 is 0. The minimum Gasteiger partial charge on any atom is -0.343 e. The van der Waals surface area contributed by atoms with Gasteiger partial charge in [-0.3, -0.25) is 9.59 Å². The van der Waals surface area contributed by atoms with Crippen LogP contribution in [0.3, 0.4) is 0 Å². The first-order chi connectivity index (χ1) is 15.2. The van der Waals surface area contributed by atoms with Gasteiger partial charge in [0.2, 0.25) is 0 Å². The normalized spacial score (nSPS) is 24.7. The molecule has 32 heavy (non-hydrogen) atoms. The predicted octanol–water partition coefficient (Wildman–Crippen LogP) is 2.28. The number of benzene rings is 1. The molecule has 0 N–H and O–H groups in total. The second kappa shape index (κ2) is 7.48. The average molecular weight is 437 g/mol. The summed E-state index contributed by atoms with van der Waals surface area (Å²) in [5.74, 6) is 0.189. The zero-order valence-electron chi connectivity index (χ0n) is 18.4. The van der Waals surface area contributed by atoms with Crippen LogP contribution in [0, 0.1) is 11.2 Å². The number of piperazine rings is 1. The van der Waals surface area contributed by atoms with Crippen LogP contribution in [0.15, 0.2) is 53.3 Å². The predicted molar refractivity (Wildman–Crippen MR) is 116 cm³/mol. The third kappa shape index (κ3) is 3.68. The Labute approximate surface area is 186 Å². The van der Waals surface area contributed by atoms with Crippen molar-refractivity contribution in [1.29, 1.82) is 0 Å². The number of amidine groups is 1. The number of carbonyl (C=O) groups is 2. The van der Waals surface area contributed by atoms with Crippen LogP contribution in [-0.2, 0) is 14.3 Å². The largest absolute Gasteiger partial charge is 0.343 e. The van der Waals surface area contributed by atoms with Crippen molar-refractivity contribution in [3.8, 4) is 0 Å². The molecule has 2 fully saturated rings. The van der Waals surface area contributed by atoms with Crippen LogP contribution >= 0.6 is 0 Å². The van der Waals surface area contributed by atoms with Crippen LogP contribution in [0.1, 0.15) is 32.8 Å². The zero-order valence-corrected chi connectivity index (χ0v) is 18.4. The molecular weight excluding hydrogens is 411 g/mol. The lowest BCUT2D eigenvalue weighted by molar-refractivity contribution is -0.314. The van der Waals surface area contributed by atoms with E-state index in [0.29, 0.717) is 37.6 Å². The van der Waals surface area contributed by atoms with Crippen LogP contribution in [0.2, 0.25) is 0 Å². The molecule has 2 unspecified atom stereocenters. The molecule has 7 nitrogen and oxygen atoms in total. The third-order valence-corrected chi connectivity index (χ3v) is 6.04. The maximum absolute atomic E-state index is 13.3. The molecule has 2 amide bonds. The Morgan fingerprint density at radius 2 is 1.97 bits per heavy atom. The van der Waals surface area contributed by atoms with Gasteiger partial charge in [0.05, 0.1) is 6.54 Å². The minimum atomic E-state index is -0.454. The fourth-order valence-corrected chi connectivity index (χ4v) is 4.49. The Bertz CT molecular complexity index is 1110. The molecule has 166 valence electrons. The number of aliphatic imine (C=N–C) groups is 1. The lowest BCUT2D eigenvalue weighted by atomic mass is 9.89. The SMILES string of the molecule is CC(C)(C)CC1OC2CN(C(=O)C3=C[N+]4=C(c5ccc(F)cc5)C=CC4=N3)CCN2C1=O. The van der Waals surface area contributed by atoms with Crippen molar-refractivity contribution in [2.45, 2.75) is 39.5 Å². The molecule has 8 heteroatoms. The first-order valence-electron chi connectivity index (χ1n) is 10.9. The van der Waals surface area contributed by atoms with Gasteiger partial charge < -0.3 is 14.5 Å². The van der Waals surface area contributed by atoms with Gasteiger partial charge in [0, 0.05) is 24.7 Å². The Morgan fingerprint density at radius 1 is 1.22 bits per heavy atom. The molecular formula is C24H26FN4O3+. The molecule has 0 bridgehead atoms. The number of rotatable bonds is 3. The summed E-state index contributed by atoms with van der Waals surface area (Å²) in [6.45, 7) is 7.48. The Morgan fingerprint density at radius 3 is 2.69 bits per heavy atom. The van der Waals surface area contributed by atoms with E-state index < -0.39 is 12.3 Å². The van der Waals surface area contributed by atoms with E-state index >= 15 is 0 Å². The highest BCUT2D eigenvalue weighted by Crippen LogP contribution is 2.31. The summed E-state index contributed by atoms with van der Waals surface area (Å²) in [6.07, 6.45) is 5.23. The quantitative estimate of drug-likeness (QED) is 0.682. The monoisotopic (exact) mass is 437 g/mol. The van der Waals surface area contributed by atoms with Gasteiger partial charge >= 0.3 is 11.7 Å². The molecule has 5 rings (SSSR count). The van der Waals surface area contributed by atoms with E-state index in [2.05, 4.69) is 25.8 Å². The van der Waals surface area contributed by atoms with Crippen molar-refractivity contribution < 1.29 is 23.3 Å². The first kappa shape index (κ1) is 20.8. The van der Waals surface area contributed by atoms with Crippen molar-refractivity contribution in [1.82, 2.24) is 9.80 Å². The number of hydrogen-bond acceptors (Lipinski definition) is 4. The molecule has 0 spiro atoms. The summed E-state index contributed by atoms with van der Waals surface area (Å²) in [7, 11) is 0. The van der Waals surface area contributed by atoms with E-state index in [4.69, 9.17) is 4.74 Å². The summed E-state index contributed by atoms with van der Waals surface area (Å²) in [5.41, 5.74) is 2.00. The molecule has 2 saturated heterocycles. The van der Waals surface area contributed by atoms with Gasteiger partial charge in [0.25, 0.3) is 11.6 Å². The summed E-state index contributed by atoms with van der Waals surface area (Å²) < 4.78 is 21.1. The van der Waals surface area contributed by atoms with E-state index in [1.54, 1.807) is 28.1 Å². The van der Waals surface area contributed by atoms with Gasteiger partial charge in [0.15, 0.2) is 12.4 Å². The van der Waals surface area contributed by atoms with Crippen LogP contribution < -0.4 is 0 Å². The lowest BCUT2D eigenvalue weighted by Gasteiger charge is -2.35. The molecule has 0 aromatic heterocycles. The van der Waals surface area contributed by atoms with Crippen LogP contribution in [0.4, 0.5) is 4.39 Å². The highest BCUT2D eigenvalue weighted by Gasteiger charge is 2.46. The van der Waals surface area contributed by atoms with Gasteiger partial charge in [-0.15, -0.1) is 0 Å². The molecule has 1 aromatic rings. The molecule has 2 atom stereocenters. The molecule has 1 aromatic carbocycles. The summed E-state index contributed by atoms with van der Waals surface area (Å²) in [6, 6.07) is 6.22. The maximum Gasteiger partial charge on any atom is 0.329 e. The standard InChI is InChI=1S/C24H26FN4O3/c1-24(2,3)12-19-23(31)28-11-10-27(14-21(28)32-19)22(30)17-13-29-18(8-9-20(29)26-17)15-4-6-16(25)7-5-15/h4-9,13,19,21H,10-12,14H2,1-3H3/q+1. The van der Waals surface area contributed by atoms with E-state index in [-0.39, 0.29) is 23.0 Å². The number of hydrogen-bond donors (Lipinski definition) is 0. The van der Waals surface area contributed by atoms with Crippen molar-refractivity contribution in [2.75, 3.05) is 19.6 Å². The van der Waals surface area contributed by atoms with Gasteiger partial charge in [0.1, 0.15) is 17.6 Å². The minimum absolute atomic E-state index is 0.0154. The van der Waals surface area contributed by atoms with Gasteiger partial charge in [-0.05, 0) is 47.2 Å². The Hall–Kier alpha value is -3.13. The molecule has 0 radical (unpaired) electrons. The molecule has 4 heterocycles. The van der Waals surface area contributed by atoms with E-state index in [1.165, 1.54) is 12.1 Å². The molecule has 4 aliphatic rings. The lowest BCUT2D eigenvalue weighted by Crippen LogP contribution is -2.53. The van der Waals surface area contributed by atoms with Crippen molar-refractivity contribution in [3.63, 3.8) is 0 Å². The maximum atomic E-state index is 13.3. The van der Waals surface area contributed by atoms with Crippen LogP contribution in [0.25, 0.3) is 0 Å². The Balaban J connectivity index is 1.31. The third-order valence-electron chi connectivity index (χ3n) is 6.04. The number of ether oxygens (including phenoxy) is 1. The number of amides is 2. The van der Waals surface area contributed by atoms with Crippen LogP contribution in [-0.4, -0.2) is 69.7 Å². The fraction of sp³-hybridized carbons (Fsp3) is 0.417. The molecule has 0 saturated carbocycles. The highest BCUT2D eigenvalue weighted by atomic mass is 19.1. The topological polar surface area (TPSA) is 65.2 Å². The van der Waals surface area contributed by atoms with E-state index in [0.717, 1.165) is 11.3 Å². The van der Waals surface area contributed by atoms with E-state index in [1.807, 2.05) is 16.7 Å². The molecule has 4 aliphatic heterocycles. The van der Waals surface area contributed by atoms with Gasteiger partial charge in [-0.1, -0.05) is 20.8 Å². The van der Waals surface area contributed by atoms with Crippen LogP contribution in [0.5, 0.6) is 0 Å². The second-order valence-corrected chi connectivity index (χ2v) is 9.71. The number of fused-ring (bicyclic) bond motifs is 2. The van der Waals surface area contributed by atoms with Crippen molar-refractivity contribution in [3.05, 3.63) is 59.7 Å². The first-order valence-corrected chi connectivity index (χ1v) is 10.9. The second-order valence-electron chi connectivity index (χ2n) is 9.71. The van der Waals surface area contributed by atoms with Gasteiger partial charge in [-0.25, -0.2) is 4.39 Å². The number of allylic oxidation sites excluding steroid dienone is 1. The highest BCUT2D eigenvalue weighted by molar-refractivity contribution is 6.16. The van der Waals surface area contributed by atoms with Crippen molar-refractivity contribution in [2.24, 2.45) is 10.4 Å². The average Bonchev–Trinajstić information content (AvgIpc) is 3.40. The summed E-state index contributed by atoms with van der Waals surface area (Å²) in [4.78, 5) is 33.8. The number of halogens is 1. The molecule has 0 aliphatic carbocycles. The van der Waals surface area contributed by atoms with Gasteiger partial charge in [-0.2, -0.15) is 4.58 Å². The summed E-state index contributed by atoms with van der Waals surface area (Å²) in [5, 5.41) is 0.